The highest BCUT2D eigenvalue weighted by atomic mass is 35.5. The number of hydrogen-bond acceptors (Lipinski definition) is 2. The highest BCUT2D eigenvalue weighted by molar-refractivity contribution is 6.17. The lowest BCUT2D eigenvalue weighted by molar-refractivity contribution is 0.278. The third-order valence-corrected chi connectivity index (χ3v) is 2.93. The molecular weight excluding hydrogens is 224 g/mol. The molecule has 0 aliphatic rings. The van der Waals surface area contributed by atoms with Gasteiger partial charge in [0.15, 0.2) is 0 Å². The summed E-state index contributed by atoms with van der Waals surface area (Å²) < 4.78 is 7.51. The molecule has 0 fully saturated rings. The van der Waals surface area contributed by atoms with Gasteiger partial charge in [0.2, 0.25) is 5.88 Å². The molecule has 0 spiro atoms. The lowest BCUT2D eigenvalue weighted by atomic mass is 10.2. The number of alkyl halides is 1. The van der Waals surface area contributed by atoms with Gasteiger partial charge in [-0.3, -0.25) is 0 Å². The van der Waals surface area contributed by atoms with Crippen molar-refractivity contribution in [3.8, 4) is 5.88 Å². The first kappa shape index (κ1) is 13.4. The zero-order valence-corrected chi connectivity index (χ0v) is 11.2. The molecule has 0 radical (unpaired) electrons. The van der Waals surface area contributed by atoms with Gasteiger partial charge in [0.1, 0.15) is 0 Å². The van der Waals surface area contributed by atoms with Gasteiger partial charge in [0.25, 0.3) is 0 Å². The summed E-state index contributed by atoms with van der Waals surface area (Å²) in [4.78, 5) is 0. The molecule has 1 aromatic heterocycles. The number of hydrogen-bond donors (Lipinski definition) is 0. The van der Waals surface area contributed by atoms with Gasteiger partial charge in [-0.15, -0.1) is 11.6 Å². The number of rotatable bonds is 7. The third-order valence-electron chi connectivity index (χ3n) is 2.66. The van der Waals surface area contributed by atoms with Crippen LogP contribution in [-0.2, 0) is 12.9 Å². The van der Waals surface area contributed by atoms with E-state index in [4.69, 9.17) is 16.3 Å². The minimum absolute atomic E-state index is 0.462. The molecule has 0 saturated heterocycles. The zero-order valence-electron chi connectivity index (χ0n) is 10.4. The molecule has 0 N–H and O–H groups in total. The van der Waals surface area contributed by atoms with Crippen molar-refractivity contribution in [1.82, 2.24) is 9.78 Å². The van der Waals surface area contributed by atoms with E-state index in [1.165, 1.54) is 19.3 Å². The van der Waals surface area contributed by atoms with E-state index in [1.54, 1.807) is 4.68 Å². The highest BCUT2D eigenvalue weighted by Gasteiger charge is 2.12. The van der Waals surface area contributed by atoms with Crippen molar-refractivity contribution in [3.05, 3.63) is 11.3 Å². The average molecular weight is 245 g/mol. The summed E-state index contributed by atoms with van der Waals surface area (Å²) in [6.07, 6.45) is 4.84. The lowest BCUT2D eigenvalue weighted by Crippen LogP contribution is -2.03. The smallest absolute Gasteiger partial charge is 0.216 e. The average Bonchev–Trinajstić information content (AvgIpc) is 2.53. The molecule has 1 rings (SSSR count). The molecule has 0 aliphatic heterocycles. The standard InChI is InChI=1S/C12H21ClN2O/c1-4-5-6-7-8-16-12-11(9-13)10(2)14-15(12)3/h4-9H2,1-3H3. The van der Waals surface area contributed by atoms with Crippen LogP contribution >= 0.6 is 11.6 Å². The number of aryl methyl sites for hydroxylation is 2. The topological polar surface area (TPSA) is 27.1 Å². The van der Waals surface area contributed by atoms with Crippen LogP contribution < -0.4 is 4.74 Å². The summed E-state index contributed by atoms with van der Waals surface area (Å²) in [5, 5.41) is 4.30. The summed E-state index contributed by atoms with van der Waals surface area (Å²) in [6.45, 7) is 4.92. The molecule has 1 heterocycles. The molecule has 16 heavy (non-hydrogen) atoms. The van der Waals surface area contributed by atoms with Gasteiger partial charge in [-0.25, -0.2) is 4.68 Å². The first-order valence-corrected chi connectivity index (χ1v) is 6.45. The zero-order chi connectivity index (χ0) is 12.0. The number of aromatic nitrogens is 2. The highest BCUT2D eigenvalue weighted by Crippen LogP contribution is 2.23. The van der Waals surface area contributed by atoms with Crippen molar-refractivity contribution in [2.45, 2.75) is 45.4 Å². The number of nitrogens with zero attached hydrogens (tertiary/aromatic N) is 2. The molecule has 3 nitrogen and oxygen atoms in total. The Morgan fingerprint density at radius 1 is 1.31 bits per heavy atom. The van der Waals surface area contributed by atoms with Gasteiger partial charge >= 0.3 is 0 Å². The Labute approximate surface area is 103 Å². The Hall–Kier alpha value is -0.700. The molecule has 0 atom stereocenters. The molecule has 0 amide bonds. The van der Waals surface area contributed by atoms with Crippen molar-refractivity contribution in [1.29, 1.82) is 0 Å². The Morgan fingerprint density at radius 3 is 2.69 bits per heavy atom. The molecule has 0 aromatic carbocycles. The van der Waals surface area contributed by atoms with Crippen LogP contribution in [0.2, 0.25) is 0 Å². The van der Waals surface area contributed by atoms with E-state index >= 15 is 0 Å². The van der Waals surface area contributed by atoms with Crippen LogP contribution in [0.1, 0.15) is 43.9 Å². The van der Waals surface area contributed by atoms with Gasteiger partial charge in [-0.05, 0) is 13.3 Å². The predicted molar refractivity (Wildman–Crippen MR) is 67.1 cm³/mol. The van der Waals surface area contributed by atoms with Crippen molar-refractivity contribution in [2.75, 3.05) is 6.61 Å². The fourth-order valence-electron chi connectivity index (χ4n) is 1.71. The monoisotopic (exact) mass is 244 g/mol. The van der Waals surface area contributed by atoms with Gasteiger partial charge < -0.3 is 4.74 Å². The molecule has 0 saturated carbocycles. The lowest BCUT2D eigenvalue weighted by Gasteiger charge is -2.07. The quantitative estimate of drug-likeness (QED) is 0.543. The number of halogens is 1. The second kappa shape index (κ2) is 6.79. The van der Waals surface area contributed by atoms with E-state index in [9.17, 15) is 0 Å². The van der Waals surface area contributed by atoms with Crippen LogP contribution in [0, 0.1) is 6.92 Å². The molecule has 1 aromatic rings. The van der Waals surface area contributed by atoms with E-state index in [0.29, 0.717) is 5.88 Å². The van der Waals surface area contributed by atoms with Crippen LogP contribution in [0.25, 0.3) is 0 Å². The van der Waals surface area contributed by atoms with Gasteiger partial charge in [0, 0.05) is 7.05 Å². The van der Waals surface area contributed by atoms with Crippen molar-refractivity contribution in [2.24, 2.45) is 7.05 Å². The molecule has 0 aliphatic carbocycles. The molecule has 0 unspecified atom stereocenters. The Kier molecular flexibility index (Phi) is 5.67. The van der Waals surface area contributed by atoms with Gasteiger partial charge in [0.05, 0.1) is 23.7 Å². The molecular formula is C12H21ClN2O. The summed E-state index contributed by atoms with van der Waals surface area (Å²) in [7, 11) is 1.89. The maximum atomic E-state index is 5.88. The Morgan fingerprint density at radius 2 is 2.06 bits per heavy atom. The van der Waals surface area contributed by atoms with E-state index in [2.05, 4.69) is 12.0 Å². The van der Waals surface area contributed by atoms with E-state index < -0.39 is 0 Å². The Bertz CT molecular complexity index is 323. The maximum absolute atomic E-state index is 5.88. The SMILES string of the molecule is CCCCCCOc1c(CCl)c(C)nn1C. The van der Waals surface area contributed by atoms with Gasteiger partial charge in [-0.2, -0.15) is 5.10 Å². The van der Waals surface area contributed by atoms with Crippen molar-refractivity contribution in [3.63, 3.8) is 0 Å². The second-order valence-corrected chi connectivity index (χ2v) is 4.30. The predicted octanol–water partition coefficient (Wildman–Crippen LogP) is 3.43. The summed E-state index contributed by atoms with van der Waals surface area (Å²) >= 11 is 5.88. The van der Waals surface area contributed by atoms with Crippen LogP contribution in [0.5, 0.6) is 5.88 Å². The maximum Gasteiger partial charge on any atom is 0.216 e. The van der Waals surface area contributed by atoms with Crippen LogP contribution in [0.15, 0.2) is 0 Å². The van der Waals surface area contributed by atoms with Crippen LogP contribution in [-0.4, -0.2) is 16.4 Å². The summed E-state index contributed by atoms with van der Waals surface area (Å²) in [5.41, 5.74) is 1.97. The first-order chi connectivity index (χ1) is 7.70. The summed E-state index contributed by atoms with van der Waals surface area (Å²) in [6, 6.07) is 0. The minimum atomic E-state index is 0.462. The van der Waals surface area contributed by atoms with Crippen molar-refractivity contribution < 1.29 is 4.74 Å². The van der Waals surface area contributed by atoms with E-state index in [1.807, 2.05) is 14.0 Å². The first-order valence-electron chi connectivity index (χ1n) is 5.92. The van der Waals surface area contributed by atoms with E-state index in [0.717, 1.165) is 30.2 Å². The molecule has 92 valence electrons. The summed E-state index contributed by atoms with van der Waals surface area (Å²) in [5.74, 6) is 1.29. The van der Waals surface area contributed by atoms with Crippen LogP contribution in [0.4, 0.5) is 0 Å². The van der Waals surface area contributed by atoms with Gasteiger partial charge in [-0.1, -0.05) is 26.2 Å². The normalized spacial score (nSPS) is 10.8. The second-order valence-electron chi connectivity index (χ2n) is 4.04. The number of unbranched alkanes of at least 4 members (excludes halogenated alkanes) is 3. The van der Waals surface area contributed by atoms with Crippen molar-refractivity contribution >= 4 is 11.6 Å². The minimum Gasteiger partial charge on any atom is -0.478 e. The fourth-order valence-corrected chi connectivity index (χ4v) is 2.02. The van der Waals surface area contributed by atoms with Crippen LogP contribution in [0.3, 0.4) is 0 Å². The Balaban J connectivity index is 2.46. The van der Waals surface area contributed by atoms with E-state index in [-0.39, 0.29) is 0 Å². The largest absolute Gasteiger partial charge is 0.478 e. The number of ether oxygens (including phenoxy) is 1. The molecule has 4 heteroatoms. The third kappa shape index (κ3) is 3.41. The fraction of sp³-hybridized carbons (Fsp3) is 0.750. The molecule has 0 bridgehead atoms.